The number of carbonyl (C=O) groups is 1. The largest absolute Gasteiger partial charge is 0.439 e. The van der Waals surface area contributed by atoms with Crippen LogP contribution in [0.3, 0.4) is 0 Å². The van der Waals surface area contributed by atoms with Crippen molar-refractivity contribution in [1.82, 2.24) is 19.7 Å². The molecule has 140 valence electrons. The maximum absolute atomic E-state index is 12.2. The second-order valence-corrected chi connectivity index (χ2v) is 6.08. The minimum absolute atomic E-state index is 0.282. The summed E-state index contributed by atoms with van der Waals surface area (Å²) in [6.07, 6.45) is 5.20. The van der Waals surface area contributed by atoms with E-state index in [0.717, 1.165) is 5.82 Å². The lowest BCUT2D eigenvalue weighted by molar-refractivity contribution is 0.102. The first kappa shape index (κ1) is 17.5. The van der Waals surface area contributed by atoms with Crippen molar-refractivity contribution < 1.29 is 14.1 Å². The molecule has 4 rings (SSSR count). The number of ether oxygens (including phenoxy) is 1. The molecule has 0 aliphatic carbocycles. The number of hydrogen-bond acceptors (Lipinski definition) is 6. The molecule has 3 heterocycles. The molecule has 1 amide bonds. The van der Waals surface area contributed by atoms with Gasteiger partial charge in [0.05, 0.1) is 6.20 Å². The summed E-state index contributed by atoms with van der Waals surface area (Å²) < 4.78 is 12.6. The molecular formula is C20H17N5O3. The monoisotopic (exact) mass is 375 g/mol. The molecule has 0 radical (unpaired) electrons. The van der Waals surface area contributed by atoms with E-state index in [1.807, 2.05) is 36.0 Å². The number of nitrogens with zero attached hydrogens (tertiary/aromatic N) is 4. The van der Waals surface area contributed by atoms with Crippen LogP contribution in [0.15, 0.2) is 65.6 Å². The molecule has 0 atom stereocenters. The van der Waals surface area contributed by atoms with E-state index in [-0.39, 0.29) is 5.91 Å². The van der Waals surface area contributed by atoms with Gasteiger partial charge in [-0.2, -0.15) is 4.98 Å². The van der Waals surface area contributed by atoms with Crippen molar-refractivity contribution in [2.24, 2.45) is 0 Å². The van der Waals surface area contributed by atoms with Crippen LogP contribution in [-0.4, -0.2) is 25.6 Å². The zero-order valence-electron chi connectivity index (χ0n) is 15.3. The molecule has 0 saturated carbocycles. The second-order valence-electron chi connectivity index (χ2n) is 6.08. The number of anilines is 1. The summed E-state index contributed by atoms with van der Waals surface area (Å²) in [5, 5.41) is 6.40. The highest BCUT2D eigenvalue weighted by Gasteiger charge is 2.13. The van der Waals surface area contributed by atoms with Crippen molar-refractivity contribution in [2.75, 3.05) is 5.32 Å². The molecule has 0 unspecified atom stereocenters. The van der Waals surface area contributed by atoms with Crippen molar-refractivity contribution in [1.29, 1.82) is 0 Å². The Bertz CT molecular complexity index is 1100. The highest BCUT2D eigenvalue weighted by atomic mass is 16.5. The van der Waals surface area contributed by atoms with Crippen LogP contribution >= 0.6 is 0 Å². The van der Waals surface area contributed by atoms with Crippen LogP contribution in [0.1, 0.15) is 21.9 Å². The molecule has 1 N–H and O–H groups in total. The number of hydrogen-bond donors (Lipinski definition) is 1. The molecule has 0 fully saturated rings. The van der Waals surface area contributed by atoms with Gasteiger partial charge in [-0.3, -0.25) is 4.79 Å². The van der Waals surface area contributed by atoms with Crippen molar-refractivity contribution in [3.05, 3.63) is 78.2 Å². The fourth-order valence-corrected chi connectivity index (χ4v) is 2.64. The third kappa shape index (κ3) is 3.75. The van der Waals surface area contributed by atoms with Crippen molar-refractivity contribution in [2.45, 2.75) is 13.8 Å². The van der Waals surface area contributed by atoms with E-state index in [4.69, 9.17) is 9.26 Å². The Morgan fingerprint density at radius 3 is 2.54 bits per heavy atom. The van der Waals surface area contributed by atoms with Gasteiger partial charge < -0.3 is 19.1 Å². The van der Waals surface area contributed by atoms with E-state index >= 15 is 0 Å². The summed E-state index contributed by atoms with van der Waals surface area (Å²) in [6.45, 7) is 3.50. The van der Waals surface area contributed by atoms with E-state index in [2.05, 4.69) is 20.4 Å². The summed E-state index contributed by atoms with van der Waals surface area (Å²) in [4.78, 5) is 20.9. The van der Waals surface area contributed by atoms with Gasteiger partial charge in [0.25, 0.3) is 5.91 Å². The molecule has 8 heteroatoms. The molecule has 3 aromatic heterocycles. The third-order valence-corrected chi connectivity index (χ3v) is 4.00. The van der Waals surface area contributed by atoms with E-state index < -0.39 is 0 Å². The summed E-state index contributed by atoms with van der Waals surface area (Å²) in [5.41, 5.74) is 1.03. The Labute approximate surface area is 160 Å². The smallest absolute Gasteiger partial charge is 0.260 e. The van der Waals surface area contributed by atoms with Crippen LogP contribution in [0.25, 0.3) is 5.82 Å². The Hall–Kier alpha value is -3.94. The van der Waals surface area contributed by atoms with E-state index in [0.29, 0.717) is 34.5 Å². The first-order valence-electron chi connectivity index (χ1n) is 8.58. The second kappa shape index (κ2) is 7.36. The van der Waals surface area contributed by atoms with Crippen LogP contribution in [0.5, 0.6) is 11.6 Å². The SMILES string of the molecule is Cc1nc(Oc2ccc(NC(=O)c3cnoc3C)cc2)cc(-n2cccc2)n1. The molecule has 8 nitrogen and oxygen atoms in total. The quantitative estimate of drug-likeness (QED) is 0.568. The molecule has 4 aromatic rings. The normalized spacial score (nSPS) is 10.6. The van der Waals surface area contributed by atoms with Gasteiger partial charge in [0.2, 0.25) is 5.88 Å². The maximum atomic E-state index is 12.2. The summed E-state index contributed by atoms with van der Waals surface area (Å²) in [6, 6.07) is 12.6. The van der Waals surface area contributed by atoms with Gasteiger partial charge in [-0.25, -0.2) is 4.98 Å². The predicted octanol–water partition coefficient (Wildman–Crippen LogP) is 3.92. The van der Waals surface area contributed by atoms with Gasteiger partial charge in [-0.05, 0) is 50.2 Å². The average molecular weight is 375 g/mol. The minimum Gasteiger partial charge on any atom is -0.439 e. The predicted molar refractivity (Wildman–Crippen MR) is 102 cm³/mol. The van der Waals surface area contributed by atoms with Crippen LogP contribution < -0.4 is 10.1 Å². The van der Waals surface area contributed by atoms with Crippen molar-refractivity contribution in [3.63, 3.8) is 0 Å². The highest BCUT2D eigenvalue weighted by molar-refractivity contribution is 6.04. The average Bonchev–Trinajstić information content (AvgIpc) is 3.34. The number of rotatable bonds is 5. The first-order chi connectivity index (χ1) is 13.6. The Morgan fingerprint density at radius 2 is 1.86 bits per heavy atom. The molecule has 28 heavy (non-hydrogen) atoms. The van der Waals surface area contributed by atoms with Gasteiger partial charge >= 0.3 is 0 Å². The Balaban J connectivity index is 1.48. The molecule has 1 aromatic carbocycles. The number of aromatic nitrogens is 4. The fourth-order valence-electron chi connectivity index (χ4n) is 2.64. The van der Waals surface area contributed by atoms with Crippen LogP contribution in [0, 0.1) is 13.8 Å². The molecule has 0 spiro atoms. The summed E-state index contributed by atoms with van der Waals surface area (Å²) in [5.74, 6) is 2.55. The lowest BCUT2D eigenvalue weighted by Crippen LogP contribution is -2.11. The molecule has 0 saturated heterocycles. The van der Waals surface area contributed by atoms with Crippen molar-refractivity contribution >= 4 is 11.6 Å². The van der Waals surface area contributed by atoms with E-state index in [1.165, 1.54) is 6.20 Å². The molecule has 0 aliphatic heterocycles. The lowest BCUT2D eigenvalue weighted by atomic mass is 10.2. The standard InChI is InChI=1S/C20H17N5O3/c1-13-17(12-21-28-13)20(26)24-15-5-7-16(8-6-15)27-19-11-18(22-14(2)23-19)25-9-3-4-10-25/h3-12H,1-2H3,(H,24,26). The number of amides is 1. The molecule has 0 aliphatic rings. The van der Waals surface area contributed by atoms with Gasteiger partial charge in [-0.1, -0.05) is 5.16 Å². The summed E-state index contributed by atoms with van der Waals surface area (Å²) in [7, 11) is 0. The topological polar surface area (TPSA) is 95.1 Å². The third-order valence-electron chi connectivity index (χ3n) is 4.00. The summed E-state index contributed by atoms with van der Waals surface area (Å²) >= 11 is 0. The van der Waals surface area contributed by atoms with Crippen molar-refractivity contribution in [3.8, 4) is 17.4 Å². The van der Waals surface area contributed by atoms with Crippen LogP contribution in [0.4, 0.5) is 5.69 Å². The fraction of sp³-hybridized carbons (Fsp3) is 0.100. The van der Waals surface area contributed by atoms with Crippen LogP contribution in [0.2, 0.25) is 0 Å². The van der Waals surface area contributed by atoms with Gasteiger partial charge in [0, 0.05) is 24.1 Å². The van der Waals surface area contributed by atoms with Gasteiger partial charge in [0.1, 0.15) is 28.7 Å². The zero-order valence-corrected chi connectivity index (χ0v) is 15.3. The first-order valence-corrected chi connectivity index (χ1v) is 8.58. The van der Waals surface area contributed by atoms with E-state index in [9.17, 15) is 4.79 Å². The number of carbonyl (C=O) groups excluding carboxylic acids is 1. The highest BCUT2D eigenvalue weighted by Crippen LogP contribution is 2.23. The van der Waals surface area contributed by atoms with Gasteiger partial charge in [0.15, 0.2) is 0 Å². The van der Waals surface area contributed by atoms with Crippen LogP contribution in [-0.2, 0) is 0 Å². The Kier molecular flexibility index (Phi) is 4.59. The van der Waals surface area contributed by atoms with E-state index in [1.54, 1.807) is 37.3 Å². The minimum atomic E-state index is -0.282. The number of benzene rings is 1. The number of nitrogens with one attached hydrogen (secondary N) is 1. The lowest BCUT2D eigenvalue weighted by Gasteiger charge is -2.09. The molecule has 0 bridgehead atoms. The van der Waals surface area contributed by atoms with Gasteiger partial charge in [-0.15, -0.1) is 0 Å². The maximum Gasteiger partial charge on any atom is 0.260 e. The number of aryl methyl sites for hydroxylation is 2. The Morgan fingerprint density at radius 1 is 1.11 bits per heavy atom. The molecular weight excluding hydrogens is 358 g/mol. The zero-order chi connectivity index (χ0) is 19.5.